The van der Waals surface area contributed by atoms with E-state index in [4.69, 9.17) is 14.2 Å². The molecule has 1 aromatic carbocycles. The molecule has 26 heavy (non-hydrogen) atoms. The third kappa shape index (κ3) is 5.19. The van der Waals surface area contributed by atoms with E-state index in [-0.39, 0.29) is 12.2 Å². The zero-order chi connectivity index (χ0) is 19.3. The lowest BCUT2D eigenvalue weighted by atomic mass is 10.1. The molecule has 138 valence electrons. The molecule has 1 aliphatic rings. The van der Waals surface area contributed by atoms with E-state index < -0.39 is 23.7 Å². The first-order chi connectivity index (χ1) is 12.2. The average molecular weight is 424 g/mol. The zero-order valence-corrected chi connectivity index (χ0v) is 16.1. The van der Waals surface area contributed by atoms with Gasteiger partial charge in [0.25, 0.3) is 5.79 Å². The number of halogens is 1. The maximum Gasteiger partial charge on any atom is 0.350 e. The summed E-state index contributed by atoms with van der Waals surface area (Å²) in [5, 5.41) is 2.87. The number of rotatable bonds is 5. The minimum Gasteiger partial charge on any atom is -0.463 e. The summed E-state index contributed by atoms with van der Waals surface area (Å²) in [6.07, 6.45) is 4.06. The summed E-state index contributed by atoms with van der Waals surface area (Å²) in [5.41, 5.74) is 0.946. The number of ether oxygens (including phenoxy) is 3. The summed E-state index contributed by atoms with van der Waals surface area (Å²) >= 11 is 3.35. The monoisotopic (exact) mass is 423 g/mol. The predicted octanol–water partition coefficient (Wildman–Crippen LogP) is 3.16. The number of cyclic esters (lactones) is 2. The van der Waals surface area contributed by atoms with Gasteiger partial charge in [-0.3, -0.25) is 0 Å². The van der Waals surface area contributed by atoms with E-state index in [1.165, 1.54) is 26.1 Å². The van der Waals surface area contributed by atoms with Gasteiger partial charge in [-0.15, -0.1) is 0 Å². The predicted molar refractivity (Wildman–Crippen MR) is 97.8 cm³/mol. The quantitative estimate of drug-likeness (QED) is 0.441. The van der Waals surface area contributed by atoms with Crippen molar-refractivity contribution in [1.29, 1.82) is 0 Å². The van der Waals surface area contributed by atoms with Crippen LogP contribution in [0.2, 0.25) is 0 Å². The standard InChI is InChI=1S/C18H18BrNO6/c1-4-24-15(21)8-5-11-9-12(19)6-7-14(11)20-10-13-16(22)25-18(2,3)26-17(13)23/h5-10,20H,4H2,1-3H3. The summed E-state index contributed by atoms with van der Waals surface area (Å²) in [6, 6.07) is 5.25. The van der Waals surface area contributed by atoms with E-state index in [1.54, 1.807) is 31.2 Å². The Kier molecular flexibility index (Phi) is 6.20. The highest BCUT2D eigenvalue weighted by molar-refractivity contribution is 9.10. The molecule has 1 heterocycles. The Morgan fingerprint density at radius 2 is 1.92 bits per heavy atom. The van der Waals surface area contributed by atoms with Crippen LogP contribution in [0.5, 0.6) is 0 Å². The van der Waals surface area contributed by atoms with Crippen LogP contribution in [0.3, 0.4) is 0 Å². The van der Waals surface area contributed by atoms with E-state index in [2.05, 4.69) is 21.2 Å². The van der Waals surface area contributed by atoms with Gasteiger partial charge in [0.05, 0.1) is 6.61 Å². The van der Waals surface area contributed by atoms with Crippen LogP contribution in [0.4, 0.5) is 5.69 Å². The van der Waals surface area contributed by atoms with Crippen molar-refractivity contribution in [2.75, 3.05) is 11.9 Å². The van der Waals surface area contributed by atoms with Crippen LogP contribution in [0, 0.1) is 0 Å². The van der Waals surface area contributed by atoms with Crippen molar-refractivity contribution < 1.29 is 28.6 Å². The lowest BCUT2D eigenvalue weighted by molar-refractivity contribution is -0.222. The number of carbonyl (C=O) groups excluding carboxylic acids is 3. The van der Waals surface area contributed by atoms with Gasteiger partial charge >= 0.3 is 17.9 Å². The Balaban J connectivity index is 2.23. The van der Waals surface area contributed by atoms with Gasteiger partial charge in [-0.25, -0.2) is 14.4 Å². The van der Waals surface area contributed by atoms with Crippen molar-refractivity contribution >= 4 is 45.6 Å². The van der Waals surface area contributed by atoms with Crippen molar-refractivity contribution in [3.63, 3.8) is 0 Å². The molecule has 1 N–H and O–H groups in total. The molecule has 2 rings (SSSR count). The smallest absolute Gasteiger partial charge is 0.350 e. The fourth-order valence-corrected chi connectivity index (χ4v) is 2.46. The van der Waals surface area contributed by atoms with Gasteiger partial charge in [-0.05, 0) is 36.8 Å². The molecular formula is C18H18BrNO6. The second-order valence-corrected chi connectivity index (χ2v) is 6.61. The van der Waals surface area contributed by atoms with E-state index >= 15 is 0 Å². The summed E-state index contributed by atoms with van der Waals surface area (Å²) in [4.78, 5) is 35.4. The van der Waals surface area contributed by atoms with Crippen molar-refractivity contribution in [2.45, 2.75) is 26.6 Å². The van der Waals surface area contributed by atoms with Gasteiger partial charge in [0.15, 0.2) is 5.57 Å². The molecule has 0 atom stereocenters. The highest BCUT2D eigenvalue weighted by Gasteiger charge is 2.38. The summed E-state index contributed by atoms with van der Waals surface area (Å²) in [7, 11) is 0. The fourth-order valence-electron chi connectivity index (χ4n) is 2.08. The highest BCUT2D eigenvalue weighted by Crippen LogP contribution is 2.25. The maximum absolute atomic E-state index is 12.0. The number of benzene rings is 1. The number of hydrogen-bond donors (Lipinski definition) is 1. The normalized spacial score (nSPS) is 16.1. The summed E-state index contributed by atoms with van der Waals surface area (Å²) < 4.78 is 15.7. The van der Waals surface area contributed by atoms with Gasteiger partial charge in [-0.1, -0.05) is 15.9 Å². The lowest BCUT2D eigenvalue weighted by Gasteiger charge is -2.29. The molecule has 8 heteroatoms. The van der Waals surface area contributed by atoms with Crippen molar-refractivity contribution in [3.8, 4) is 0 Å². The van der Waals surface area contributed by atoms with Crippen LogP contribution in [-0.2, 0) is 28.6 Å². The molecule has 0 aliphatic carbocycles. The summed E-state index contributed by atoms with van der Waals surface area (Å²) in [6.45, 7) is 4.94. The molecule has 1 aliphatic heterocycles. The third-order valence-electron chi connectivity index (χ3n) is 3.19. The van der Waals surface area contributed by atoms with Crippen LogP contribution < -0.4 is 5.32 Å². The van der Waals surface area contributed by atoms with Gasteiger partial charge < -0.3 is 19.5 Å². The molecule has 1 aromatic rings. The van der Waals surface area contributed by atoms with Crippen LogP contribution in [0.25, 0.3) is 6.08 Å². The Labute approximate surface area is 159 Å². The average Bonchev–Trinajstić information content (AvgIpc) is 2.52. The molecule has 1 fully saturated rings. The number of esters is 3. The van der Waals surface area contributed by atoms with Gasteiger partial charge in [0.2, 0.25) is 0 Å². The largest absolute Gasteiger partial charge is 0.463 e. The van der Waals surface area contributed by atoms with Crippen LogP contribution in [-0.4, -0.2) is 30.3 Å². The highest BCUT2D eigenvalue weighted by atomic mass is 79.9. The van der Waals surface area contributed by atoms with E-state index in [1.807, 2.05) is 0 Å². The third-order valence-corrected chi connectivity index (χ3v) is 3.68. The molecule has 0 radical (unpaired) electrons. The molecule has 0 bridgehead atoms. The van der Waals surface area contributed by atoms with Gasteiger partial charge in [0.1, 0.15) is 0 Å². The second kappa shape index (κ2) is 8.18. The van der Waals surface area contributed by atoms with E-state index in [0.29, 0.717) is 11.3 Å². The molecule has 0 unspecified atom stereocenters. The maximum atomic E-state index is 12.0. The number of anilines is 1. The SMILES string of the molecule is CCOC(=O)C=Cc1cc(Br)ccc1NC=C1C(=O)OC(C)(C)OC1=O. The number of carbonyl (C=O) groups is 3. The van der Waals surface area contributed by atoms with E-state index in [9.17, 15) is 14.4 Å². The summed E-state index contributed by atoms with van der Waals surface area (Å²) in [5.74, 6) is -3.33. The zero-order valence-electron chi connectivity index (χ0n) is 14.5. The number of hydrogen-bond acceptors (Lipinski definition) is 7. The molecule has 1 saturated heterocycles. The first-order valence-electron chi connectivity index (χ1n) is 7.79. The second-order valence-electron chi connectivity index (χ2n) is 5.70. The van der Waals surface area contributed by atoms with Crippen LogP contribution in [0.15, 0.2) is 40.5 Å². The van der Waals surface area contributed by atoms with E-state index in [0.717, 1.165) is 4.47 Å². The molecule has 0 aromatic heterocycles. The molecule has 0 saturated carbocycles. The number of nitrogens with one attached hydrogen (secondary N) is 1. The van der Waals surface area contributed by atoms with Crippen LogP contribution >= 0.6 is 15.9 Å². The van der Waals surface area contributed by atoms with Gasteiger partial charge in [0, 0.05) is 36.3 Å². The van der Waals surface area contributed by atoms with Crippen molar-refractivity contribution in [1.82, 2.24) is 0 Å². The minimum atomic E-state index is -1.29. The Morgan fingerprint density at radius 1 is 1.27 bits per heavy atom. The van der Waals surface area contributed by atoms with Crippen molar-refractivity contribution in [3.05, 3.63) is 46.1 Å². The Hall–Kier alpha value is -2.61. The Bertz CT molecular complexity index is 775. The van der Waals surface area contributed by atoms with Crippen LogP contribution in [0.1, 0.15) is 26.3 Å². The molecular weight excluding hydrogens is 406 g/mol. The topological polar surface area (TPSA) is 90.9 Å². The first kappa shape index (κ1) is 19.7. The molecule has 0 spiro atoms. The minimum absolute atomic E-state index is 0.257. The Morgan fingerprint density at radius 3 is 2.54 bits per heavy atom. The van der Waals surface area contributed by atoms with Crippen molar-refractivity contribution in [2.24, 2.45) is 0 Å². The molecule has 0 amide bonds. The lowest BCUT2D eigenvalue weighted by Crippen LogP contribution is -2.42. The van der Waals surface area contributed by atoms with Gasteiger partial charge in [-0.2, -0.15) is 0 Å². The fraction of sp³-hybridized carbons (Fsp3) is 0.278. The molecule has 7 nitrogen and oxygen atoms in total. The first-order valence-corrected chi connectivity index (χ1v) is 8.59.